The zero-order chi connectivity index (χ0) is 33.7. The van der Waals surface area contributed by atoms with Crippen LogP contribution in [0.4, 0.5) is 9.59 Å². The summed E-state index contributed by atoms with van der Waals surface area (Å²) in [5, 5.41) is 14.9. The molecule has 244 valence electrons. The van der Waals surface area contributed by atoms with Gasteiger partial charge in [-0.05, 0) is 127 Å². The maximum absolute atomic E-state index is 12.1. The van der Waals surface area contributed by atoms with Crippen molar-refractivity contribution < 1.29 is 38.5 Å². The van der Waals surface area contributed by atoms with Gasteiger partial charge in [-0.25, -0.2) is 19.2 Å². The third-order valence-electron chi connectivity index (χ3n) is 7.55. The van der Waals surface area contributed by atoms with Crippen LogP contribution in [-0.4, -0.2) is 47.0 Å². The van der Waals surface area contributed by atoms with Crippen LogP contribution in [0.2, 0.25) is 0 Å². The Bertz CT molecular complexity index is 1470. The number of ether oxygens (including phenoxy) is 3. The number of hydrogen-bond donors (Lipinski definition) is 3. The second-order valence-corrected chi connectivity index (χ2v) is 13.3. The van der Waals surface area contributed by atoms with Crippen LogP contribution in [0.1, 0.15) is 121 Å². The molecule has 2 aromatic carbocycles. The maximum atomic E-state index is 12.1. The summed E-state index contributed by atoms with van der Waals surface area (Å²) in [5.41, 5.74) is 5.68. The number of rotatable bonds is 6. The van der Waals surface area contributed by atoms with E-state index in [2.05, 4.69) is 17.2 Å². The number of amides is 2. The summed E-state index contributed by atoms with van der Waals surface area (Å²) in [5.74, 6) is -1.27. The molecule has 4 rings (SSSR count). The Morgan fingerprint density at radius 1 is 0.800 bits per heavy atom. The predicted molar refractivity (Wildman–Crippen MR) is 171 cm³/mol. The second kappa shape index (κ2) is 14.2. The number of nitrogens with one attached hydrogen (secondary N) is 2. The fourth-order valence-electron chi connectivity index (χ4n) is 5.63. The van der Waals surface area contributed by atoms with Gasteiger partial charge in [-0.2, -0.15) is 0 Å². The number of carbonyl (C=O) groups is 4. The van der Waals surface area contributed by atoms with Crippen LogP contribution in [0.25, 0.3) is 0 Å². The Morgan fingerprint density at radius 3 is 1.62 bits per heavy atom. The molecule has 0 fully saturated rings. The van der Waals surface area contributed by atoms with Crippen LogP contribution in [0.15, 0.2) is 36.9 Å². The van der Waals surface area contributed by atoms with E-state index in [9.17, 15) is 19.2 Å². The van der Waals surface area contributed by atoms with Crippen LogP contribution >= 0.6 is 0 Å². The Labute approximate surface area is 265 Å². The van der Waals surface area contributed by atoms with Crippen LogP contribution in [0.5, 0.6) is 0 Å². The molecular formula is C35H46N2O8. The van der Waals surface area contributed by atoms with Crippen molar-refractivity contribution in [2.45, 2.75) is 104 Å². The van der Waals surface area contributed by atoms with Crippen molar-refractivity contribution in [2.24, 2.45) is 0 Å². The molecule has 0 spiro atoms. The quantitative estimate of drug-likeness (QED) is 0.177. The molecule has 10 heteroatoms. The van der Waals surface area contributed by atoms with E-state index in [0.29, 0.717) is 11.1 Å². The van der Waals surface area contributed by atoms with Gasteiger partial charge < -0.3 is 30.0 Å². The lowest BCUT2D eigenvalue weighted by atomic mass is 9.98. The second-order valence-electron chi connectivity index (χ2n) is 13.3. The predicted octanol–water partition coefficient (Wildman–Crippen LogP) is 7.06. The lowest BCUT2D eigenvalue weighted by Gasteiger charge is -2.22. The van der Waals surface area contributed by atoms with E-state index in [1.54, 1.807) is 24.3 Å². The number of carboxylic acid groups (broad SMARTS) is 1. The zero-order valence-corrected chi connectivity index (χ0v) is 27.6. The summed E-state index contributed by atoms with van der Waals surface area (Å²) in [6.07, 6.45) is 3.81. The van der Waals surface area contributed by atoms with Gasteiger partial charge in [0.1, 0.15) is 17.8 Å². The van der Waals surface area contributed by atoms with Gasteiger partial charge in [0, 0.05) is 0 Å². The number of hydrogen-bond acceptors (Lipinski definition) is 7. The molecule has 2 aromatic rings. The SMILES string of the molecule is C=CCOC(=O)c1ccc2c(c1C)CC[C@@H]2NC(=O)OC(C)(C)C.Cc1c(C(=O)O)ccc2c1CC[C@@H]2NC(=O)OC(C)(C)C. The van der Waals surface area contributed by atoms with E-state index < -0.39 is 29.4 Å². The molecule has 0 unspecified atom stereocenters. The number of benzene rings is 2. The molecule has 0 aromatic heterocycles. The topological polar surface area (TPSA) is 140 Å². The first-order chi connectivity index (χ1) is 20.9. The molecule has 10 nitrogen and oxygen atoms in total. The monoisotopic (exact) mass is 622 g/mol. The maximum Gasteiger partial charge on any atom is 0.408 e. The van der Waals surface area contributed by atoms with Crippen molar-refractivity contribution in [3.8, 4) is 0 Å². The van der Waals surface area contributed by atoms with Crippen molar-refractivity contribution in [1.82, 2.24) is 10.6 Å². The first-order valence-corrected chi connectivity index (χ1v) is 15.2. The van der Waals surface area contributed by atoms with Crippen molar-refractivity contribution in [3.63, 3.8) is 0 Å². The van der Waals surface area contributed by atoms with E-state index in [-0.39, 0.29) is 24.7 Å². The lowest BCUT2D eigenvalue weighted by Crippen LogP contribution is -2.34. The summed E-state index contributed by atoms with van der Waals surface area (Å²) in [7, 11) is 0. The van der Waals surface area contributed by atoms with Gasteiger partial charge in [0.25, 0.3) is 0 Å². The highest BCUT2D eigenvalue weighted by Gasteiger charge is 2.30. The third kappa shape index (κ3) is 9.33. The molecule has 0 saturated heterocycles. The highest BCUT2D eigenvalue weighted by molar-refractivity contribution is 5.92. The van der Waals surface area contributed by atoms with Gasteiger partial charge in [0.05, 0.1) is 23.2 Å². The van der Waals surface area contributed by atoms with Gasteiger partial charge in [0.2, 0.25) is 0 Å². The normalized spacial score (nSPS) is 16.7. The Kier molecular flexibility index (Phi) is 11.1. The van der Waals surface area contributed by atoms with Gasteiger partial charge in [0.15, 0.2) is 0 Å². The van der Waals surface area contributed by atoms with Crippen LogP contribution in [0, 0.1) is 13.8 Å². The summed E-state index contributed by atoms with van der Waals surface area (Å²) in [4.78, 5) is 47.1. The first kappa shape index (κ1) is 35.1. The van der Waals surface area contributed by atoms with Crippen molar-refractivity contribution >= 4 is 24.1 Å². The molecule has 0 radical (unpaired) electrons. The van der Waals surface area contributed by atoms with Crippen LogP contribution in [-0.2, 0) is 27.1 Å². The molecule has 2 aliphatic rings. The number of alkyl carbamates (subject to hydrolysis) is 2. The van der Waals surface area contributed by atoms with Crippen molar-refractivity contribution in [2.75, 3.05) is 6.61 Å². The van der Waals surface area contributed by atoms with Crippen LogP contribution < -0.4 is 10.6 Å². The standard InChI is InChI=1S/C19H25NO4.C16H21NO4/c1-6-11-23-17(21)14-7-8-15-13(12(14)2)9-10-16(15)20-18(22)24-19(3,4)5;1-9-10-7-8-13(17-15(20)21-16(2,3)4)12(10)6-5-11(9)14(18)19/h6-8,16H,1,9-11H2,2-5H3,(H,20,22);5-6,13H,7-8H2,1-4H3,(H,17,20)(H,18,19)/t16-;13-/m00/s1. The highest BCUT2D eigenvalue weighted by atomic mass is 16.6. The fraction of sp³-hybridized carbons (Fsp3) is 0.486. The van der Waals surface area contributed by atoms with Crippen molar-refractivity contribution in [1.29, 1.82) is 0 Å². The zero-order valence-electron chi connectivity index (χ0n) is 27.6. The Balaban J connectivity index is 0.000000248. The average Bonchev–Trinajstić information content (AvgIpc) is 3.50. The highest BCUT2D eigenvalue weighted by Crippen LogP contribution is 2.36. The first-order valence-electron chi connectivity index (χ1n) is 15.2. The summed E-state index contributed by atoms with van der Waals surface area (Å²) in [6.45, 7) is 18.4. The van der Waals surface area contributed by atoms with E-state index >= 15 is 0 Å². The molecule has 2 atom stereocenters. The lowest BCUT2D eigenvalue weighted by molar-refractivity contribution is 0.0492. The summed E-state index contributed by atoms with van der Waals surface area (Å²) in [6, 6.07) is 6.84. The summed E-state index contributed by atoms with van der Waals surface area (Å²) < 4.78 is 15.7. The summed E-state index contributed by atoms with van der Waals surface area (Å²) >= 11 is 0. The minimum absolute atomic E-state index is 0.0909. The minimum atomic E-state index is -0.918. The van der Waals surface area contributed by atoms with Gasteiger partial charge in [-0.15, -0.1) is 0 Å². The molecule has 0 saturated carbocycles. The molecule has 3 N–H and O–H groups in total. The number of esters is 1. The molecule has 2 aliphatic carbocycles. The fourth-order valence-corrected chi connectivity index (χ4v) is 5.63. The van der Waals surface area contributed by atoms with E-state index in [4.69, 9.17) is 19.3 Å². The largest absolute Gasteiger partial charge is 0.478 e. The van der Waals surface area contributed by atoms with Gasteiger partial charge in [-0.1, -0.05) is 24.8 Å². The van der Waals surface area contributed by atoms with E-state index in [1.165, 1.54) is 0 Å². The Morgan fingerprint density at radius 2 is 1.22 bits per heavy atom. The molecule has 2 amide bonds. The van der Waals surface area contributed by atoms with Crippen LogP contribution in [0.3, 0.4) is 0 Å². The molecule has 45 heavy (non-hydrogen) atoms. The Hall–Kier alpha value is -4.34. The van der Waals surface area contributed by atoms with Crippen molar-refractivity contribution in [3.05, 3.63) is 81.4 Å². The molecule has 0 aliphatic heterocycles. The number of carbonyl (C=O) groups excluding carboxylic acids is 3. The molecular weight excluding hydrogens is 576 g/mol. The van der Waals surface area contributed by atoms with E-state index in [0.717, 1.165) is 59.1 Å². The third-order valence-corrected chi connectivity index (χ3v) is 7.55. The number of fused-ring (bicyclic) bond motifs is 2. The average molecular weight is 623 g/mol. The minimum Gasteiger partial charge on any atom is -0.478 e. The number of carboxylic acids is 1. The molecule has 0 heterocycles. The molecule has 0 bridgehead atoms. The van der Waals surface area contributed by atoms with Gasteiger partial charge >= 0.3 is 24.1 Å². The van der Waals surface area contributed by atoms with Gasteiger partial charge in [-0.3, -0.25) is 0 Å². The number of aromatic carboxylic acids is 1. The van der Waals surface area contributed by atoms with E-state index in [1.807, 2.05) is 61.5 Å². The smallest absolute Gasteiger partial charge is 0.408 e.